The third-order valence-electron chi connectivity index (χ3n) is 4.06. The Morgan fingerprint density at radius 1 is 0.893 bits per heavy atom. The summed E-state index contributed by atoms with van der Waals surface area (Å²) in [4.78, 5) is 27.6. The number of benzene rings is 2. The number of nitrogens with one attached hydrogen (secondary N) is 3. The van der Waals surface area contributed by atoms with Gasteiger partial charge < -0.3 is 16.0 Å². The summed E-state index contributed by atoms with van der Waals surface area (Å²) in [5, 5.41) is 8.83. The number of aryl methyl sites for hydroxylation is 1. The molecule has 28 heavy (non-hydrogen) atoms. The fourth-order valence-corrected chi connectivity index (χ4v) is 2.62. The monoisotopic (exact) mass is 374 g/mol. The van der Waals surface area contributed by atoms with Crippen molar-refractivity contribution >= 4 is 28.9 Å². The van der Waals surface area contributed by atoms with Crippen LogP contribution in [0.3, 0.4) is 0 Å². The number of aromatic nitrogens is 1. The van der Waals surface area contributed by atoms with Gasteiger partial charge in [0.25, 0.3) is 5.91 Å². The van der Waals surface area contributed by atoms with Crippen molar-refractivity contribution in [3.05, 3.63) is 83.7 Å². The van der Waals surface area contributed by atoms with Gasteiger partial charge in [0.1, 0.15) is 5.69 Å². The minimum absolute atomic E-state index is 0.115. The maximum absolute atomic E-state index is 12.4. The first-order chi connectivity index (χ1) is 13.5. The summed E-state index contributed by atoms with van der Waals surface area (Å²) in [6.07, 6.45) is 1.59. The van der Waals surface area contributed by atoms with Gasteiger partial charge in [-0.05, 0) is 48.9 Å². The van der Waals surface area contributed by atoms with Crippen LogP contribution < -0.4 is 16.0 Å². The number of hydrogen-bond acceptors (Lipinski definition) is 4. The van der Waals surface area contributed by atoms with Gasteiger partial charge in [0.05, 0.1) is 0 Å². The van der Waals surface area contributed by atoms with Gasteiger partial charge in [0.2, 0.25) is 5.91 Å². The Bertz CT molecular complexity index is 967. The Morgan fingerprint density at radius 2 is 1.57 bits per heavy atom. The fraction of sp³-hybridized carbons (Fsp3) is 0.136. The Labute approximate surface area is 164 Å². The molecule has 2 aromatic carbocycles. The molecule has 0 aliphatic carbocycles. The Kier molecular flexibility index (Phi) is 6.01. The van der Waals surface area contributed by atoms with Gasteiger partial charge in [-0.25, -0.2) is 0 Å². The lowest BCUT2D eigenvalue weighted by Crippen LogP contribution is -2.23. The van der Waals surface area contributed by atoms with Crippen LogP contribution in [0.1, 0.15) is 28.5 Å². The van der Waals surface area contributed by atoms with Crippen molar-refractivity contribution in [2.45, 2.75) is 20.4 Å². The highest BCUT2D eigenvalue weighted by Crippen LogP contribution is 2.19. The molecule has 0 fully saturated rings. The smallest absolute Gasteiger partial charge is 0.270 e. The van der Waals surface area contributed by atoms with Gasteiger partial charge in [-0.15, -0.1) is 0 Å². The van der Waals surface area contributed by atoms with Crippen molar-refractivity contribution < 1.29 is 9.59 Å². The molecule has 0 unspecified atom stereocenters. The van der Waals surface area contributed by atoms with E-state index in [4.69, 9.17) is 0 Å². The summed E-state index contributed by atoms with van der Waals surface area (Å²) in [6, 6.07) is 18.8. The van der Waals surface area contributed by atoms with E-state index in [1.165, 1.54) is 12.5 Å². The second kappa shape index (κ2) is 8.81. The predicted molar refractivity (Wildman–Crippen MR) is 111 cm³/mol. The van der Waals surface area contributed by atoms with Crippen LogP contribution in [0.15, 0.2) is 66.9 Å². The van der Waals surface area contributed by atoms with Gasteiger partial charge in [-0.1, -0.05) is 29.8 Å². The molecule has 3 N–H and O–H groups in total. The number of carbonyl (C=O) groups is 2. The summed E-state index contributed by atoms with van der Waals surface area (Å²) in [6.45, 7) is 3.94. The molecule has 0 saturated carbocycles. The summed E-state index contributed by atoms with van der Waals surface area (Å²) in [5.41, 5.74) is 4.87. The minimum Gasteiger partial charge on any atom is -0.355 e. The van der Waals surface area contributed by atoms with Crippen LogP contribution in [-0.2, 0) is 11.3 Å². The summed E-state index contributed by atoms with van der Waals surface area (Å²) in [5.74, 6) is -0.346. The summed E-state index contributed by atoms with van der Waals surface area (Å²) in [7, 11) is 0. The average molecular weight is 374 g/mol. The Balaban J connectivity index is 1.62. The highest BCUT2D eigenvalue weighted by atomic mass is 16.2. The van der Waals surface area contributed by atoms with Crippen LogP contribution in [0.2, 0.25) is 0 Å². The molecule has 6 nitrogen and oxygen atoms in total. The third-order valence-corrected chi connectivity index (χ3v) is 4.06. The molecule has 0 spiro atoms. The quantitative estimate of drug-likeness (QED) is 0.608. The minimum atomic E-state index is -0.231. The zero-order chi connectivity index (χ0) is 19.9. The first-order valence-electron chi connectivity index (χ1n) is 8.94. The molecule has 3 rings (SSSR count). The van der Waals surface area contributed by atoms with Gasteiger partial charge >= 0.3 is 0 Å². The van der Waals surface area contributed by atoms with Gasteiger partial charge in [-0.2, -0.15) is 0 Å². The van der Waals surface area contributed by atoms with E-state index in [2.05, 4.69) is 20.9 Å². The number of rotatable bonds is 6. The average Bonchev–Trinajstić information content (AvgIpc) is 2.69. The van der Waals surface area contributed by atoms with E-state index >= 15 is 0 Å². The van der Waals surface area contributed by atoms with Crippen LogP contribution in [0.4, 0.5) is 17.1 Å². The second-order valence-electron chi connectivity index (χ2n) is 6.48. The van der Waals surface area contributed by atoms with Crippen LogP contribution in [0.25, 0.3) is 0 Å². The van der Waals surface area contributed by atoms with E-state index < -0.39 is 0 Å². The maximum atomic E-state index is 12.4. The fourth-order valence-electron chi connectivity index (χ4n) is 2.62. The summed E-state index contributed by atoms with van der Waals surface area (Å²) < 4.78 is 0. The van der Waals surface area contributed by atoms with Gasteiger partial charge in [0.15, 0.2) is 0 Å². The van der Waals surface area contributed by atoms with Crippen LogP contribution >= 0.6 is 0 Å². The van der Waals surface area contributed by atoms with Crippen molar-refractivity contribution in [3.63, 3.8) is 0 Å². The van der Waals surface area contributed by atoms with Crippen molar-refractivity contribution in [1.29, 1.82) is 0 Å². The zero-order valence-corrected chi connectivity index (χ0v) is 15.8. The molecule has 0 bridgehead atoms. The van der Waals surface area contributed by atoms with Crippen molar-refractivity contribution in [2.24, 2.45) is 0 Å². The normalized spacial score (nSPS) is 10.2. The molecule has 6 heteroatoms. The molecular weight excluding hydrogens is 352 g/mol. The number of pyridine rings is 1. The number of anilines is 3. The summed E-state index contributed by atoms with van der Waals surface area (Å²) >= 11 is 0. The first-order valence-corrected chi connectivity index (χ1v) is 8.94. The third kappa shape index (κ3) is 5.41. The standard InChI is InChI=1S/C22H22N4O2/c1-15-3-5-17(6-4-15)14-24-22(28)21-13-20(11-12-23-21)26-19-9-7-18(8-10-19)25-16(2)27/h3-13H,14H2,1-2H3,(H,23,26)(H,24,28)(H,25,27). The molecule has 142 valence electrons. The lowest BCUT2D eigenvalue weighted by molar-refractivity contribution is -0.114. The molecule has 3 aromatic rings. The number of carbonyl (C=O) groups excluding carboxylic acids is 2. The van der Waals surface area contributed by atoms with E-state index in [1.807, 2.05) is 43.3 Å². The Morgan fingerprint density at radius 3 is 2.25 bits per heavy atom. The number of nitrogens with zero attached hydrogens (tertiary/aromatic N) is 1. The maximum Gasteiger partial charge on any atom is 0.270 e. The highest BCUT2D eigenvalue weighted by Gasteiger charge is 2.08. The van der Waals surface area contributed by atoms with Crippen molar-refractivity contribution in [1.82, 2.24) is 10.3 Å². The Hall–Kier alpha value is -3.67. The van der Waals surface area contributed by atoms with Gasteiger partial charge in [0, 0.05) is 36.7 Å². The molecule has 1 aromatic heterocycles. The largest absolute Gasteiger partial charge is 0.355 e. The lowest BCUT2D eigenvalue weighted by atomic mass is 10.1. The predicted octanol–water partition coefficient (Wildman–Crippen LogP) is 4.02. The van der Waals surface area contributed by atoms with E-state index in [0.29, 0.717) is 12.2 Å². The lowest BCUT2D eigenvalue weighted by Gasteiger charge is -2.10. The zero-order valence-electron chi connectivity index (χ0n) is 15.8. The molecule has 0 aliphatic heterocycles. The SMILES string of the molecule is CC(=O)Nc1ccc(Nc2ccnc(C(=O)NCc3ccc(C)cc3)c2)cc1. The van der Waals surface area contributed by atoms with Crippen LogP contribution in [-0.4, -0.2) is 16.8 Å². The number of hydrogen-bond donors (Lipinski definition) is 3. The van der Waals surface area contributed by atoms with Gasteiger partial charge in [-0.3, -0.25) is 14.6 Å². The van der Waals surface area contributed by atoms with E-state index in [9.17, 15) is 9.59 Å². The molecular formula is C22H22N4O2. The molecule has 0 saturated heterocycles. The second-order valence-corrected chi connectivity index (χ2v) is 6.48. The molecule has 1 heterocycles. The topological polar surface area (TPSA) is 83.1 Å². The van der Waals surface area contributed by atoms with Crippen LogP contribution in [0.5, 0.6) is 0 Å². The highest BCUT2D eigenvalue weighted by molar-refractivity contribution is 5.93. The van der Waals surface area contributed by atoms with E-state index in [-0.39, 0.29) is 11.8 Å². The molecule has 0 aliphatic rings. The molecule has 0 radical (unpaired) electrons. The van der Waals surface area contributed by atoms with E-state index in [1.54, 1.807) is 30.5 Å². The van der Waals surface area contributed by atoms with E-state index in [0.717, 1.165) is 22.6 Å². The van der Waals surface area contributed by atoms with Crippen LogP contribution in [0, 0.1) is 6.92 Å². The first kappa shape index (κ1) is 19.1. The molecule has 2 amide bonds. The van der Waals surface area contributed by atoms with Crippen molar-refractivity contribution in [2.75, 3.05) is 10.6 Å². The van der Waals surface area contributed by atoms with Crippen molar-refractivity contribution in [3.8, 4) is 0 Å². The number of amides is 2. The molecule has 0 atom stereocenters.